The zero-order valence-corrected chi connectivity index (χ0v) is 16.6. The molecule has 2 aromatic carbocycles. The molecule has 1 heterocycles. The quantitative estimate of drug-likeness (QED) is 0.637. The minimum Gasteiger partial charge on any atom is -0.480 e. The summed E-state index contributed by atoms with van der Waals surface area (Å²) < 4.78 is 6.08. The maximum atomic E-state index is 13.4. The smallest absolute Gasteiger partial charge is 0.355 e. The molecule has 0 saturated heterocycles. The molecular weight excluding hydrogens is 370 g/mol. The van der Waals surface area contributed by atoms with Crippen molar-refractivity contribution < 1.29 is 19.4 Å². The average Bonchev–Trinajstić information content (AvgIpc) is 2.72. The lowest BCUT2D eigenvalue weighted by molar-refractivity contribution is -0.141. The highest BCUT2D eigenvalue weighted by molar-refractivity contribution is 6.07. The first-order valence-corrected chi connectivity index (χ1v) is 9.40. The first-order valence-electron chi connectivity index (χ1n) is 9.40. The van der Waals surface area contributed by atoms with Crippen LogP contribution in [0.15, 0.2) is 59.4 Å². The van der Waals surface area contributed by atoms with E-state index in [2.05, 4.69) is 0 Å². The van der Waals surface area contributed by atoms with Crippen molar-refractivity contribution in [3.05, 3.63) is 70.6 Å². The summed E-state index contributed by atoms with van der Waals surface area (Å²) in [6.45, 7) is 3.75. The molecule has 29 heavy (non-hydrogen) atoms. The molecule has 0 aliphatic heterocycles. The fourth-order valence-electron chi connectivity index (χ4n) is 3.62. The van der Waals surface area contributed by atoms with Crippen molar-refractivity contribution in [2.75, 3.05) is 7.11 Å². The first kappa shape index (κ1) is 20.3. The molecule has 0 amide bonds. The fourth-order valence-corrected chi connectivity index (χ4v) is 3.62. The number of carboxylic acid groups (broad SMARTS) is 1. The molecule has 3 aromatic rings. The summed E-state index contributed by atoms with van der Waals surface area (Å²) in [6.07, 6.45) is 0.200. The molecule has 6 nitrogen and oxygen atoms in total. The topological polar surface area (TPSA) is 85.6 Å². The minimum absolute atomic E-state index is 0.000132. The summed E-state index contributed by atoms with van der Waals surface area (Å²) in [5.74, 6) is -1.91. The predicted octanol–water partition coefficient (Wildman–Crippen LogP) is 4.13. The van der Waals surface area contributed by atoms with E-state index in [1.54, 1.807) is 24.3 Å². The number of benzene rings is 2. The van der Waals surface area contributed by atoms with Gasteiger partial charge in [0.05, 0.1) is 7.11 Å². The Morgan fingerprint density at radius 1 is 1.00 bits per heavy atom. The molecule has 0 aliphatic carbocycles. The van der Waals surface area contributed by atoms with Crippen molar-refractivity contribution >= 4 is 22.7 Å². The van der Waals surface area contributed by atoms with Gasteiger partial charge >= 0.3 is 11.9 Å². The molecule has 0 fully saturated rings. The van der Waals surface area contributed by atoms with Crippen LogP contribution in [0, 0.1) is 5.92 Å². The summed E-state index contributed by atoms with van der Waals surface area (Å²) in [7, 11) is 1.22. The van der Waals surface area contributed by atoms with E-state index >= 15 is 0 Å². The average molecular weight is 393 g/mol. The summed E-state index contributed by atoms with van der Waals surface area (Å²) >= 11 is 0. The van der Waals surface area contributed by atoms with Gasteiger partial charge in [-0.2, -0.15) is 0 Å². The van der Waals surface area contributed by atoms with Gasteiger partial charge in [-0.15, -0.1) is 0 Å². The van der Waals surface area contributed by atoms with Gasteiger partial charge in [-0.25, -0.2) is 9.59 Å². The number of aliphatic carboxylic acids is 1. The molecular formula is C23H23NO5. The number of aromatic nitrogens is 1. The van der Waals surface area contributed by atoms with Gasteiger partial charge in [0.15, 0.2) is 0 Å². The van der Waals surface area contributed by atoms with Crippen molar-refractivity contribution in [2.45, 2.75) is 26.3 Å². The molecule has 150 valence electrons. The van der Waals surface area contributed by atoms with E-state index in [1.165, 1.54) is 7.11 Å². The van der Waals surface area contributed by atoms with Gasteiger partial charge in [-0.05, 0) is 29.4 Å². The number of pyridine rings is 1. The molecule has 6 heteroatoms. The Hall–Kier alpha value is -3.41. The van der Waals surface area contributed by atoms with E-state index in [-0.39, 0.29) is 18.0 Å². The van der Waals surface area contributed by atoms with Crippen LogP contribution in [0.3, 0.4) is 0 Å². The largest absolute Gasteiger partial charge is 0.480 e. The van der Waals surface area contributed by atoms with Crippen molar-refractivity contribution in [1.29, 1.82) is 0 Å². The van der Waals surface area contributed by atoms with Crippen molar-refractivity contribution in [2.24, 2.45) is 5.92 Å². The lowest BCUT2D eigenvalue weighted by Gasteiger charge is -2.24. The number of ether oxygens (including phenoxy) is 1. The maximum absolute atomic E-state index is 13.4. The van der Waals surface area contributed by atoms with E-state index < -0.39 is 23.5 Å². The maximum Gasteiger partial charge on any atom is 0.355 e. The van der Waals surface area contributed by atoms with Crippen LogP contribution in [0.2, 0.25) is 0 Å². The predicted molar refractivity (Wildman–Crippen MR) is 111 cm³/mol. The molecule has 1 aromatic heterocycles. The van der Waals surface area contributed by atoms with Gasteiger partial charge in [0.1, 0.15) is 11.7 Å². The van der Waals surface area contributed by atoms with Gasteiger partial charge < -0.3 is 9.84 Å². The highest BCUT2D eigenvalue weighted by Gasteiger charge is 2.31. The van der Waals surface area contributed by atoms with Crippen LogP contribution in [0.4, 0.5) is 0 Å². The van der Waals surface area contributed by atoms with Crippen LogP contribution >= 0.6 is 0 Å². The van der Waals surface area contributed by atoms with Gasteiger partial charge in [-0.1, -0.05) is 62.4 Å². The SMILES string of the molecule is COC(=O)c1c(-c2ccccc2)c2ccccc2c(=O)n1C(CC(C)C)C(=O)O. The van der Waals surface area contributed by atoms with E-state index in [4.69, 9.17) is 4.74 Å². The van der Waals surface area contributed by atoms with Crippen molar-refractivity contribution in [3.63, 3.8) is 0 Å². The third-order valence-electron chi connectivity index (χ3n) is 4.86. The second-order valence-electron chi connectivity index (χ2n) is 7.29. The Bertz CT molecular complexity index is 1120. The Kier molecular flexibility index (Phi) is 5.82. The third kappa shape index (κ3) is 3.78. The molecule has 3 rings (SSSR count). The standard InChI is InChI=1S/C23H23NO5/c1-14(2)13-18(22(26)27)24-20(23(28)29-3)19(15-9-5-4-6-10-15)16-11-7-8-12-17(16)21(24)25/h4-12,14,18H,13H2,1-3H3,(H,26,27). The number of carbonyl (C=O) groups is 2. The van der Waals surface area contributed by atoms with Gasteiger partial charge in [0.2, 0.25) is 0 Å². The lowest BCUT2D eigenvalue weighted by Crippen LogP contribution is -2.35. The minimum atomic E-state index is -1.19. The summed E-state index contributed by atoms with van der Waals surface area (Å²) in [6, 6.07) is 14.8. The Morgan fingerprint density at radius 3 is 2.14 bits per heavy atom. The zero-order chi connectivity index (χ0) is 21.1. The molecule has 1 atom stereocenters. The van der Waals surface area contributed by atoms with Gasteiger partial charge in [-0.3, -0.25) is 9.36 Å². The molecule has 1 unspecified atom stereocenters. The number of methoxy groups -OCH3 is 1. The monoisotopic (exact) mass is 393 g/mol. The lowest BCUT2D eigenvalue weighted by atomic mass is 9.95. The normalized spacial score (nSPS) is 12.1. The van der Waals surface area contributed by atoms with Gasteiger partial charge in [0, 0.05) is 10.9 Å². The van der Waals surface area contributed by atoms with E-state index in [1.807, 2.05) is 44.2 Å². The van der Waals surface area contributed by atoms with E-state index in [9.17, 15) is 19.5 Å². The van der Waals surface area contributed by atoms with Crippen molar-refractivity contribution in [3.8, 4) is 11.1 Å². The number of hydrogen-bond donors (Lipinski definition) is 1. The number of carbonyl (C=O) groups excluding carboxylic acids is 1. The second-order valence-corrected chi connectivity index (χ2v) is 7.29. The van der Waals surface area contributed by atoms with Crippen LogP contribution in [-0.4, -0.2) is 28.7 Å². The van der Waals surface area contributed by atoms with Crippen molar-refractivity contribution in [1.82, 2.24) is 4.57 Å². The van der Waals surface area contributed by atoms with Crippen LogP contribution in [0.25, 0.3) is 21.9 Å². The molecule has 0 saturated carbocycles. The van der Waals surface area contributed by atoms with E-state index in [0.29, 0.717) is 21.9 Å². The number of rotatable bonds is 6. The van der Waals surface area contributed by atoms with Crippen LogP contribution < -0.4 is 5.56 Å². The molecule has 1 N–H and O–H groups in total. The summed E-state index contributed by atoms with van der Waals surface area (Å²) in [4.78, 5) is 38.4. The Labute approximate surface area is 168 Å². The number of nitrogens with zero attached hydrogens (tertiary/aromatic N) is 1. The van der Waals surface area contributed by atoms with Crippen LogP contribution in [0.1, 0.15) is 36.8 Å². The van der Waals surface area contributed by atoms with Crippen LogP contribution in [-0.2, 0) is 9.53 Å². The van der Waals surface area contributed by atoms with Crippen LogP contribution in [0.5, 0.6) is 0 Å². The first-order chi connectivity index (χ1) is 13.9. The third-order valence-corrected chi connectivity index (χ3v) is 4.86. The second kappa shape index (κ2) is 8.31. The summed E-state index contributed by atoms with van der Waals surface area (Å²) in [5, 5.41) is 10.8. The zero-order valence-electron chi connectivity index (χ0n) is 16.6. The van der Waals surface area contributed by atoms with Gasteiger partial charge in [0.25, 0.3) is 5.56 Å². The Balaban J connectivity index is 2.54. The number of esters is 1. The Morgan fingerprint density at radius 2 is 1.59 bits per heavy atom. The molecule has 0 radical (unpaired) electrons. The molecule has 0 bridgehead atoms. The number of hydrogen-bond acceptors (Lipinski definition) is 4. The molecule has 0 spiro atoms. The number of carboxylic acids is 1. The highest BCUT2D eigenvalue weighted by Crippen LogP contribution is 2.33. The number of fused-ring (bicyclic) bond motifs is 1. The summed E-state index contributed by atoms with van der Waals surface area (Å²) in [5.41, 5.74) is 0.623. The fraction of sp³-hybridized carbons (Fsp3) is 0.261. The van der Waals surface area contributed by atoms with E-state index in [0.717, 1.165) is 4.57 Å². The molecule has 0 aliphatic rings. The highest BCUT2D eigenvalue weighted by atomic mass is 16.5.